The number of nitrogens with zero attached hydrogens (tertiary/aromatic N) is 2. The summed E-state index contributed by atoms with van der Waals surface area (Å²) in [5.74, 6) is 0.211. The van der Waals surface area contributed by atoms with Crippen molar-refractivity contribution in [2.45, 2.75) is 26.0 Å². The third kappa shape index (κ3) is 6.40. The normalized spacial score (nSPS) is 14.5. The minimum absolute atomic E-state index is 0.0176. The third-order valence-electron chi connectivity index (χ3n) is 5.81. The Kier molecular flexibility index (Phi) is 7.32. The first-order valence-electron chi connectivity index (χ1n) is 11.1. The molecule has 0 bridgehead atoms. The average Bonchev–Trinajstić information content (AvgIpc) is 2.84. The summed E-state index contributed by atoms with van der Waals surface area (Å²) in [4.78, 5) is 30.6. The number of hydrogen-bond acceptors (Lipinski definition) is 5. The Bertz CT molecular complexity index is 1100. The number of amides is 2. The van der Waals surface area contributed by atoms with Crippen molar-refractivity contribution in [1.82, 2.24) is 9.88 Å². The van der Waals surface area contributed by atoms with E-state index in [-0.39, 0.29) is 17.7 Å². The van der Waals surface area contributed by atoms with Gasteiger partial charge < -0.3 is 15.8 Å². The Morgan fingerprint density at radius 2 is 1.82 bits per heavy atom. The molecule has 7 heteroatoms. The smallest absolute Gasteiger partial charge is 0.255 e. The van der Waals surface area contributed by atoms with Crippen LogP contribution in [0.25, 0.3) is 0 Å². The Hall–Kier alpha value is -3.71. The molecule has 1 aromatic heterocycles. The minimum Gasteiger partial charge on any atom is -0.489 e. The van der Waals surface area contributed by atoms with Gasteiger partial charge in [-0.3, -0.25) is 19.5 Å². The number of rotatable bonds is 8. The first-order valence-corrected chi connectivity index (χ1v) is 11.1. The maximum absolute atomic E-state index is 12.8. The van der Waals surface area contributed by atoms with Crippen LogP contribution in [-0.4, -0.2) is 34.8 Å². The summed E-state index contributed by atoms with van der Waals surface area (Å²) in [6.07, 6.45) is 5.06. The monoisotopic (exact) mass is 444 g/mol. The molecule has 2 aromatic carbocycles. The number of nitrogens with two attached hydrogens (primary N) is 1. The van der Waals surface area contributed by atoms with Gasteiger partial charge in [0, 0.05) is 41.7 Å². The van der Waals surface area contributed by atoms with Gasteiger partial charge in [0.1, 0.15) is 12.4 Å². The molecule has 3 aromatic rings. The number of ether oxygens (including phenoxy) is 1. The van der Waals surface area contributed by atoms with E-state index in [9.17, 15) is 9.59 Å². The van der Waals surface area contributed by atoms with Crippen molar-refractivity contribution in [1.29, 1.82) is 0 Å². The number of hydrogen-bond donors (Lipinski definition) is 2. The van der Waals surface area contributed by atoms with Gasteiger partial charge in [0.05, 0.1) is 0 Å². The largest absolute Gasteiger partial charge is 0.489 e. The minimum atomic E-state index is -0.203. The molecule has 33 heavy (non-hydrogen) atoms. The second-order valence-corrected chi connectivity index (χ2v) is 8.29. The van der Waals surface area contributed by atoms with E-state index >= 15 is 0 Å². The molecule has 2 heterocycles. The number of benzene rings is 2. The lowest BCUT2D eigenvalue weighted by Gasteiger charge is -2.30. The molecule has 4 rings (SSSR count). The molecular formula is C26H28N4O3. The van der Waals surface area contributed by atoms with Crippen LogP contribution in [0.3, 0.4) is 0 Å². The number of likely N-dealkylation sites (tertiary alicyclic amines) is 1. The van der Waals surface area contributed by atoms with E-state index < -0.39 is 0 Å². The Morgan fingerprint density at radius 3 is 2.58 bits per heavy atom. The van der Waals surface area contributed by atoms with Crippen LogP contribution in [0, 0.1) is 5.92 Å². The van der Waals surface area contributed by atoms with Gasteiger partial charge in [-0.1, -0.05) is 24.3 Å². The molecule has 1 aliphatic rings. The summed E-state index contributed by atoms with van der Waals surface area (Å²) in [5, 5.41) is 2.97. The molecule has 1 saturated heterocycles. The van der Waals surface area contributed by atoms with Gasteiger partial charge in [-0.2, -0.15) is 0 Å². The zero-order valence-electron chi connectivity index (χ0n) is 18.4. The Balaban J connectivity index is 1.33. The van der Waals surface area contributed by atoms with Crippen molar-refractivity contribution in [3.8, 4) is 5.75 Å². The maximum atomic E-state index is 12.8. The summed E-state index contributed by atoms with van der Waals surface area (Å²) < 4.78 is 5.80. The molecule has 0 radical (unpaired) electrons. The van der Waals surface area contributed by atoms with E-state index in [1.165, 1.54) is 0 Å². The van der Waals surface area contributed by atoms with E-state index in [1.54, 1.807) is 30.6 Å². The zero-order valence-corrected chi connectivity index (χ0v) is 18.4. The predicted octanol–water partition coefficient (Wildman–Crippen LogP) is 3.61. The zero-order chi connectivity index (χ0) is 23.0. The molecule has 0 saturated carbocycles. The van der Waals surface area contributed by atoms with Crippen LogP contribution in [-0.2, 0) is 17.9 Å². The molecule has 1 fully saturated rings. The van der Waals surface area contributed by atoms with E-state index in [4.69, 9.17) is 10.5 Å². The predicted molar refractivity (Wildman–Crippen MR) is 127 cm³/mol. The van der Waals surface area contributed by atoms with Crippen LogP contribution in [0.15, 0.2) is 73.1 Å². The van der Waals surface area contributed by atoms with Crippen molar-refractivity contribution in [2.75, 3.05) is 18.4 Å². The number of carbonyl (C=O) groups is 2. The Morgan fingerprint density at radius 1 is 1.03 bits per heavy atom. The fourth-order valence-corrected chi connectivity index (χ4v) is 3.96. The topological polar surface area (TPSA) is 97.6 Å². The molecular weight excluding hydrogens is 416 g/mol. The summed E-state index contributed by atoms with van der Waals surface area (Å²) in [7, 11) is 0. The number of pyridine rings is 1. The van der Waals surface area contributed by atoms with Crippen molar-refractivity contribution < 1.29 is 14.3 Å². The van der Waals surface area contributed by atoms with Gasteiger partial charge in [0.15, 0.2) is 0 Å². The second-order valence-electron chi connectivity index (χ2n) is 8.29. The number of carbonyl (C=O) groups excluding carboxylic acids is 2. The molecule has 170 valence electrons. The summed E-state index contributed by atoms with van der Waals surface area (Å²) in [5.41, 5.74) is 8.76. The van der Waals surface area contributed by atoms with Crippen LogP contribution >= 0.6 is 0 Å². The molecule has 0 atom stereocenters. The standard InChI is InChI=1S/C26H28N4O3/c27-25(31)21-9-12-30(13-10-21)17-19-4-1-7-23(14-19)29-26(32)22-6-2-8-24(15-22)33-18-20-5-3-11-28-16-20/h1-8,11,14-16,21H,9-10,12-13,17-18H2,(H2,27,31)(H,29,32). The highest BCUT2D eigenvalue weighted by molar-refractivity contribution is 6.04. The molecule has 0 aliphatic carbocycles. The van der Waals surface area contributed by atoms with E-state index in [1.807, 2.05) is 42.5 Å². The van der Waals surface area contributed by atoms with E-state index in [0.717, 1.165) is 49.3 Å². The van der Waals surface area contributed by atoms with E-state index in [2.05, 4.69) is 15.2 Å². The van der Waals surface area contributed by atoms with Gasteiger partial charge >= 0.3 is 0 Å². The molecule has 0 unspecified atom stereocenters. The van der Waals surface area contributed by atoms with Crippen LogP contribution in [0.1, 0.15) is 34.3 Å². The number of anilines is 1. The SMILES string of the molecule is NC(=O)C1CCN(Cc2cccc(NC(=O)c3cccc(OCc4cccnc4)c3)c2)CC1. The molecule has 3 N–H and O–H groups in total. The maximum Gasteiger partial charge on any atom is 0.255 e. The van der Waals surface area contributed by atoms with E-state index in [0.29, 0.717) is 17.9 Å². The molecule has 1 aliphatic heterocycles. The molecule has 7 nitrogen and oxygen atoms in total. The highest BCUT2D eigenvalue weighted by Crippen LogP contribution is 2.21. The fourth-order valence-electron chi connectivity index (χ4n) is 3.96. The van der Waals surface area contributed by atoms with Crippen molar-refractivity contribution >= 4 is 17.5 Å². The van der Waals surface area contributed by atoms with Crippen LogP contribution in [0.2, 0.25) is 0 Å². The van der Waals surface area contributed by atoms with Crippen molar-refractivity contribution in [3.05, 3.63) is 89.7 Å². The highest BCUT2D eigenvalue weighted by Gasteiger charge is 2.23. The third-order valence-corrected chi connectivity index (χ3v) is 5.81. The van der Waals surface area contributed by atoms with Crippen LogP contribution < -0.4 is 15.8 Å². The second kappa shape index (κ2) is 10.7. The summed E-state index contributed by atoms with van der Waals surface area (Å²) in [6, 6.07) is 18.8. The molecule has 0 spiro atoms. The lowest BCUT2D eigenvalue weighted by atomic mass is 9.96. The van der Waals surface area contributed by atoms with Gasteiger partial charge in [0.2, 0.25) is 5.91 Å². The first-order chi connectivity index (χ1) is 16.1. The lowest BCUT2D eigenvalue weighted by molar-refractivity contribution is -0.123. The van der Waals surface area contributed by atoms with Gasteiger partial charge in [-0.15, -0.1) is 0 Å². The number of nitrogens with one attached hydrogen (secondary N) is 1. The first kappa shape index (κ1) is 22.5. The van der Waals surface area contributed by atoms with Crippen molar-refractivity contribution in [3.63, 3.8) is 0 Å². The number of aromatic nitrogens is 1. The van der Waals surface area contributed by atoms with Gasteiger partial charge in [-0.05, 0) is 67.9 Å². The number of piperidine rings is 1. The molecule has 2 amide bonds. The fraction of sp³-hybridized carbons (Fsp3) is 0.269. The quantitative estimate of drug-likeness (QED) is 0.553. The van der Waals surface area contributed by atoms with Gasteiger partial charge in [-0.25, -0.2) is 0 Å². The number of primary amides is 1. The van der Waals surface area contributed by atoms with Crippen LogP contribution in [0.4, 0.5) is 5.69 Å². The lowest BCUT2D eigenvalue weighted by Crippen LogP contribution is -2.38. The summed E-state index contributed by atoms with van der Waals surface area (Å²) >= 11 is 0. The van der Waals surface area contributed by atoms with Crippen molar-refractivity contribution in [2.24, 2.45) is 11.7 Å². The summed E-state index contributed by atoms with van der Waals surface area (Å²) in [6.45, 7) is 2.84. The van der Waals surface area contributed by atoms with Gasteiger partial charge in [0.25, 0.3) is 5.91 Å². The Labute approximate surface area is 193 Å². The highest BCUT2D eigenvalue weighted by atomic mass is 16.5. The average molecular weight is 445 g/mol. The van der Waals surface area contributed by atoms with Crippen LogP contribution in [0.5, 0.6) is 5.75 Å².